The lowest BCUT2D eigenvalue weighted by Crippen LogP contribution is -2.51. The molecule has 0 radical (unpaired) electrons. The van der Waals surface area contributed by atoms with E-state index in [9.17, 15) is 32.3 Å². The van der Waals surface area contributed by atoms with Gasteiger partial charge in [-0.2, -0.15) is 0 Å². The van der Waals surface area contributed by atoms with E-state index >= 15 is 4.39 Å². The number of carbonyl (C=O) groups excluding carboxylic acids is 4. The lowest BCUT2D eigenvalue weighted by molar-refractivity contribution is -0.274. The number of methoxy groups -OCH3 is 1. The Hall–Kier alpha value is -6.40. The van der Waals surface area contributed by atoms with Crippen molar-refractivity contribution < 1.29 is 46.2 Å². The molecule has 0 aliphatic carbocycles. The minimum atomic E-state index is -5.14. The molecule has 1 aliphatic heterocycles. The molecule has 15 nitrogen and oxygen atoms in total. The monoisotopic (exact) mass is 797 g/mol. The number of aromatic nitrogens is 3. The maximum absolute atomic E-state index is 15.4. The minimum absolute atomic E-state index is 0.000399. The lowest BCUT2D eigenvalue weighted by Gasteiger charge is -2.30. The zero-order chi connectivity index (χ0) is 41.4. The summed E-state index contributed by atoms with van der Waals surface area (Å²) in [5, 5.41) is 12.8. The highest BCUT2D eigenvalue weighted by atomic mass is 19.4. The number of nitrogens with one attached hydrogen (secondary N) is 6. The number of hydrogen-bond donors (Lipinski definition) is 6. The fraction of sp³-hybridized carbons (Fsp3) is 0.368. The molecule has 3 atom stereocenters. The predicted molar refractivity (Wildman–Crippen MR) is 202 cm³/mol. The number of rotatable bonds is 13. The SMILES string of the molecule is CNC(=O)NCCNc1ccc(C(=O)Nc2cc(OC(F)(F)F)c(-c3ccc(-c4cnc([C@@H]5C[C@H](C)CN5C(=O)[C@@H](NC(=O)OC)C(C)C)[nH]4)cc3)cc2F)cn1. The number of hydrogen-bond acceptors (Lipinski definition) is 9. The largest absolute Gasteiger partial charge is 0.573 e. The topological polar surface area (TPSA) is 192 Å². The molecular weight excluding hydrogens is 754 g/mol. The second kappa shape index (κ2) is 18.0. The van der Waals surface area contributed by atoms with Crippen LogP contribution in [0.25, 0.3) is 22.4 Å². The van der Waals surface area contributed by atoms with Crippen molar-refractivity contribution in [3.63, 3.8) is 0 Å². The zero-order valence-electron chi connectivity index (χ0n) is 31.7. The van der Waals surface area contributed by atoms with E-state index in [1.54, 1.807) is 23.2 Å². The number of imidazole rings is 1. The van der Waals surface area contributed by atoms with E-state index in [1.807, 2.05) is 20.8 Å². The number of alkyl halides is 3. The summed E-state index contributed by atoms with van der Waals surface area (Å²) in [5.41, 5.74) is 0.571. The van der Waals surface area contributed by atoms with Crippen molar-refractivity contribution in [2.24, 2.45) is 11.8 Å². The summed E-state index contributed by atoms with van der Waals surface area (Å²) in [6, 6.07) is 9.06. The van der Waals surface area contributed by atoms with E-state index < -0.39 is 47.7 Å². The van der Waals surface area contributed by atoms with Gasteiger partial charge < -0.3 is 45.9 Å². The van der Waals surface area contributed by atoms with Crippen LogP contribution in [0.1, 0.15) is 49.4 Å². The average molecular weight is 798 g/mol. The standard InChI is InChI=1S/C38H43F4N9O6/c1-20(2)32(50-37(55)56-5)35(53)51-19-21(3)14-29(51)33-47-18-28(48-33)23-8-6-22(7-9-23)25-15-26(39)27(16-30(25)57-38(40,41)42)49-34(52)24-10-11-31(46-17-24)44-12-13-45-36(54)43-4/h6-11,15-18,20-21,29,32H,12-14,19H2,1-5H3,(H,44,46)(H,47,48)(H,49,52)(H,50,55)(H2,43,45,54)/t21-,29-,32-/m0/s1. The number of pyridine rings is 1. The minimum Gasteiger partial charge on any atom is -0.453 e. The summed E-state index contributed by atoms with van der Waals surface area (Å²) in [7, 11) is 2.70. The van der Waals surface area contributed by atoms with Gasteiger partial charge in [-0.1, -0.05) is 45.0 Å². The van der Waals surface area contributed by atoms with Gasteiger partial charge in [-0.15, -0.1) is 13.2 Å². The summed E-state index contributed by atoms with van der Waals surface area (Å²) < 4.78 is 65.2. The maximum atomic E-state index is 15.4. The van der Waals surface area contributed by atoms with Gasteiger partial charge in [0.1, 0.15) is 29.3 Å². The molecule has 0 spiro atoms. The van der Waals surface area contributed by atoms with Gasteiger partial charge in [0.2, 0.25) is 5.91 Å². The summed E-state index contributed by atoms with van der Waals surface area (Å²) in [5.74, 6) is -2.04. The summed E-state index contributed by atoms with van der Waals surface area (Å²) in [6.45, 7) is 6.72. The number of aromatic amines is 1. The third-order valence-corrected chi connectivity index (χ3v) is 9.12. The second-order valence-electron chi connectivity index (χ2n) is 13.7. The van der Waals surface area contributed by atoms with Crippen molar-refractivity contribution >= 4 is 35.4 Å². The van der Waals surface area contributed by atoms with E-state index in [-0.39, 0.29) is 40.5 Å². The quantitative estimate of drug-likeness (QED) is 0.0690. The summed E-state index contributed by atoms with van der Waals surface area (Å²) in [4.78, 5) is 63.4. The van der Waals surface area contributed by atoms with Crippen LogP contribution >= 0.6 is 0 Å². The van der Waals surface area contributed by atoms with Crippen LogP contribution < -0.4 is 31.3 Å². The van der Waals surface area contributed by atoms with Gasteiger partial charge in [0, 0.05) is 44.5 Å². The van der Waals surface area contributed by atoms with Gasteiger partial charge in [0.05, 0.1) is 36.3 Å². The first kappa shape index (κ1) is 41.8. The van der Waals surface area contributed by atoms with Crippen LogP contribution in [0.5, 0.6) is 5.75 Å². The number of anilines is 2. The van der Waals surface area contributed by atoms with Crippen LogP contribution in [0.15, 0.2) is 60.9 Å². The highest BCUT2D eigenvalue weighted by Gasteiger charge is 2.40. The number of nitrogens with zero attached hydrogens (tertiary/aromatic N) is 3. The van der Waals surface area contributed by atoms with Crippen molar-refractivity contribution in [1.82, 2.24) is 35.8 Å². The van der Waals surface area contributed by atoms with Gasteiger partial charge in [0.15, 0.2) is 0 Å². The molecular formula is C38H43F4N9O6. The number of benzene rings is 2. The Balaban J connectivity index is 1.32. The molecule has 304 valence electrons. The Morgan fingerprint density at radius 3 is 2.35 bits per heavy atom. The smallest absolute Gasteiger partial charge is 0.453 e. The molecule has 4 aromatic rings. The number of carbonyl (C=O) groups is 4. The molecule has 6 N–H and O–H groups in total. The lowest BCUT2D eigenvalue weighted by atomic mass is 10.0. The number of H-pyrrole nitrogens is 1. The van der Waals surface area contributed by atoms with E-state index in [0.29, 0.717) is 49.0 Å². The van der Waals surface area contributed by atoms with E-state index in [2.05, 4.69) is 46.3 Å². The average Bonchev–Trinajstić information content (AvgIpc) is 3.83. The van der Waals surface area contributed by atoms with E-state index in [4.69, 9.17) is 4.74 Å². The van der Waals surface area contributed by atoms with Crippen molar-refractivity contribution in [2.45, 2.75) is 45.6 Å². The molecule has 1 saturated heterocycles. The van der Waals surface area contributed by atoms with Gasteiger partial charge in [-0.25, -0.2) is 23.9 Å². The van der Waals surface area contributed by atoms with Gasteiger partial charge in [0.25, 0.3) is 5.91 Å². The zero-order valence-corrected chi connectivity index (χ0v) is 31.7. The molecule has 1 fully saturated rings. The third-order valence-electron chi connectivity index (χ3n) is 9.12. The summed E-state index contributed by atoms with van der Waals surface area (Å²) in [6.07, 6.45) is -2.46. The number of amides is 5. The molecule has 3 heterocycles. The fourth-order valence-electron chi connectivity index (χ4n) is 6.27. The van der Waals surface area contributed by atoms with E-state index in [1.165, 1.54) is 44.6 Å². The molecule has 19 heteroatoms. The molecule has 0 saturated carbocycles. The Morgan fingerprint density at radius 1 is 1.00 bits per heavy atom. The molecule has 5 rings (SSSR count). The van der Waals surface area contributed by atoms with Crippen LogP contribution in [0.2, 0.25) is 0 Å². The van der Waals surface area contributed by atoms with Crippen LogP contribution in [0, 0.1) is 17.7 Å². The van der Waals surface area contributed by atoms with Crippen molar-refractivity contribution in [2.75, 3.05) is 44.4 Å². The van der Waals surface area contributed by atoms with Crippen LogP contribution in [-0.2, 0) is 9.53 Å². The van der Waals surface area contributed by atoms with Gasteiger partial charge in [-0.05, 0) is 47.6 Å². The number of urea groups is 1. The molecule has 5 amide bonds. The molecule has 57 heavy (non-hydrogen) atoms. The first-order valence-corrected chi connectivity index (χ1v) is 17.9. The number of ether oxygens (including phenoxy) is 2. The first-order valence-electron chi connectivity index (χ1n) is 17.9. The van der Waals surface area contributed by atoms with Gasteiger partial charge >= 0.3 is 18.5 Å². The molecule has 0 bridgehead atoms. The molecule has 2 aromatic carbocycles. The third kappa shape index (κ3) is 10.7. The Bertz CT molecular complexity index is 2060. The fourth-order valence-corrected chi connectivity index (χ4v) is 6.27. The number of likely N-dealkylation sites (tertiary alicyclic amines) is 1. The highest BCUT2D eigenvalue weighted by Crippen LogP contribution is 2.39. The van der Waals surface area contributed by atoms with Crippen molar-refractivity contribution in [1.29, 1.82) is 0 Å². The number of alkyl carbamates (subject to hydrolysis) is 1. The van der Waals surface area contributed by atoms with Crippen molar-refractivity contribution in [3.05, 3.63) is 78.1 Å². The van der Waals surface area contributed by atoms with Crippen LogP contribution in [-0.4, -0.2) is 90.0 Å². The normalized spacial score (nSPS) is 15.8. The Kier molecular flexibility index (Phi) is 13.2. The van der Waals surface area contributed by atoms with Crippen LogP contribution in [0.4, 0.5) is 38.7 Å². The van der Waals surface area contributed by atoms with Crippen molar-refractivity contribution in [3.8, 4) is 28.1 Å². The van der Waals surface area contributed by atoms with Gasteiger partial charge in [-0.3, -0.25) is 9.59 Å². The van der Waals surface area contributed by atoms with Crippen LogP contribution in [0.3, 0.4) is 0 Å². The maximum Gasteiger partial charge on any atom is 0.573 e. The second-order valence-corrected chi connectivity index (χ2v) is 13.7. The molecule has 1 aliphatic rings. The Morgan fingerprint density at radius 2 is 1.72 bits per heavy atom. The first-order chi connectivity index (χ1) is 27.1. The van der Waals surface area contributed by atoms with E-state index in [0.717, 1.165) is 12.1 Å². The Labute approximate surface area is 325 Å². The molecule has 2 aromatic heterocycles. The number of halogens is 4. The predicted octanol–water partition coefficient (Wildman–Crippen LogP) is 6.06. The molecule has 0 unspecified atom stereocenters. The highest BCUT2D eigenvalue weighted by molar-refractivity contribution is 6.04. The summed E-state index contributed by atoms with van der Waals surface area (Å²) >= 11 is 0.